The smallest absolute Gasteiger partial charge is 0.336 e. The van der Waals surface area contributed by atoms with Crippen LogP contribution in [-0.2, 0) is 42.2 Å². The van der Waals surface area contributed by atoms with Crippen LogP contribution in [0.3, 0.4) is 0 Å². The number of carboxylic acid groups (broad SMARTS) is 1. The van der Waals surface area contributed by atoms with E-state index in [1.807, 2.05) is 0 Å². The summed E-state index contributed by atoms with van der Waals surface area (Å²) in [5, 5.41) is 39.4. The summed E-state index contributed by atoms with van der Waals surface area (Å²) in [6, 6.07) is 17.8. The number of aromatic nitrogens is 4. The minimum absolute atomic E-state index is 0.0330. The predicted molar refractivity (Wildman–Crippen MR) is 236 cm³/mol. The Morgan fingerprint density at radius 2 is 1.58 bits per heavy atom. The van der Waals surface area contributed by atoms with E-state index in [1.165, 1.54) is 47.1 Å². The number of phenolic OH excluding ortho intramolecular Hbond substituents is 1. The first kappa shape index (κ1) is 46.2. The highest BCUT2D eigenvalue weighted by Gasteiger charge is 2.23. The molecule has 340 valence electrons. The van der Waals surface area contributed by atoms with Crippen molar-refractivity contribution in [3.8, 4) is 33.9 Å². The fourth-order valence-electron chi connectivity index (χ4n) is 6.59. The number of aromatic carboxylic acids is 1. The van der Waals surface area contributed by atoms with Crippen molar-refractivity contribution >= 4 is 60.3 Å². The molecule has 0 saturated heterocycles. The number of aromatic hydroxyl groups is 1. The SMILES string of the molecule is NS(=O)(=O)c1nc2cc(OCc3cn(CC(=O)NCCCOCCOCCOCCCNC(=O)c4ccc(C(=O)O)c(-c5c6ccc(=O)cc-6oc6cc(O)ccc56)c4)nn3)ccc2s1. The van der Waals surface area contributed by atoms with Gasteiger partial charge in [0.05, 0.1) is 48.4 Å². The van der Waals surface area contributed by atoms with Crippen LogP contribution in [0.1, 0.15) is 39.3 Å². The topological polar surface area (TPSA) is 287 Å². The Labute approximate surface area is 374 Å². The van der Waals surface area contributed by atoms with Crippen LogP contribution in [0.15, 0.2) is 92.5 Å². The number of carboxylic acids is 1. The molecule has 0 spiro atoms. The predicted octanol–water partition coefficient (Wildman–Crippen LogP) is 3.77. The van der Waals surface area contributed by atoms with Gasteiger partial charge in [-0.05, 0) is 73.0 Å². The summed E-state index contributed by atoms with van der Waals surface area (Å²) in [6.07, 6.45) is 2.69. The van der Waals surface area contributed by atoms with E-state index in [2.05, 4.69) is 25.9 Å². The maximum atomic E-state index is 13.2. The largest absolute Gasteiger partial charge is 0.508 e. The first-order valence-electron chi connectivity index (χ1n) is 20.1. The second-order valence-electron chi connectivity index (χ2n) is 14.4. The Morgan fingerprint density at radius 1 is 0.846 bits per heavy atom. The lowest BCUT2D eigenvalue weighted by atomic mass is 9.89. The molecule has 0 bridgehead atoms. The number of rotatable bonds is 23. The van der Waals surface area contributed by atoms with Crippen LogP contribution in [0, 0.1) is 0 Å². The van der Waals surface area contributed by atoms with Gasteiger partial charge in [0.15, 0.2) is 5.43 Å². The Bertz CT molecular complexity index is 2970. The number of thiazole rings is 1. The molecule has 65 heavy (non-hydrogen) atoms. The number of benzene rings is 4. The zero-order valence-corrected chi connectivity index (χ0v) is 36.2. The molecule has 0 fully saturated rings. The molecule has 0 radical (unpaired) electrons. The minimum atomic E-state index is -3.90. The summed E-state index contributed by atoms with van der Waals surface area (Å²) >= 11 is 0.970. The highest BCUT2D eigenvalue weighted by atomic mass is 32.2. The van der Waals surface area contributed by atoms with Gasteiger partial charge in [0.1, 0.15) is 41.7 Å². The van der Waals surface area contributed by atoms with E-state index in [9.17, 15) is 37.8 Å². The maximum Gasteiger partial charge on any atom is 0.336 e. The lowest BCUT2D eigenvalue weighted by Crippen LogP contribution is -2.29. The number of hydrogen-bond acceptors (Lipinski definition) is 16. The minimum Gasteiger partial charge on any atom is -0.508 e. The molecule has 6 N–H and O–H groups in total. The number of nitrogens with two attached hydrogens (primary N) is 1. The van der Waals surface area contributed by atoms with Crippen LogP contribution in [0.2, 0.25) is 0 Å². The number of carbonyl (C=O) groups is 3. The van der Waals surface area contributed by atoms with E-state index >= 15 is 0 Å². The third-order valence-corrected chi connectivity index (χ3v) is 12.0. The van der Waals surface area contributed by atoms with Gasteiger partial charge in [-0.2, -0.15) is 0 Å². The molecule has 0 unspecified atom stereocenters. The van der Waals surface area contributed by atoms with Gasteiger partial charge in [0, 0.05) is 66.6 Å². The van der Waals surface area contributed by atoms with E-state index in [4.69, 9.17) is 28.5 Å². The van der Waals surface area contributed by atoms with Crippen molar-refractivity contribution in [1.29, 1.82) is 0 Å². The second kappa shape index (κ2) is 21.2. The van der Waals surface area contributed by atoms with Crippen LogP contribution >= 0.6 is 11.3 Å². The number of primary sulfonamides is 1. The number of ether oxygens (including phenoxy) is 4. The normalized spacial score (nSPS) is 11.6. The first-order chi connectivity index (χ1) is 31.3. The molecule has 2 amide bonds. The molecule has 22 heteroatoms. The van der Waals surface area contributed by atoms with Crippen molar-refractivity contribution in [3.63, 3.8) is 0 Å². The Morgan fingerprint density at radius 3 is 2.32 bits per heavy atom. The lowest BCUT2D eigenvalue weighted by Gasteiger charge is -2.17. The van der Waals surface area contributed by atoms with Gasteiger partial charge in [0.25, 0.3) is 15.9 Å². The Balaban J connectivity index is 0.733. The van der Waals surface area contributed by atoms with E-state index in [-0.39, 0.29) is 62.6 Å². The van der Waals surface area contributed by atoms with Crippen molar-refractivity contribution in [1.82, 2.24) is 30.6 Å². The molecule has 3 aromatic carbocycles. The number of nitrogens with zero attached hydrogens (tertiary/aromatic N) is 4. The third kappa shape index (κ3) is 12.3. The van der Waals surface area contributed by atoms with Crippen LogP contribution < -0.4 is 25.9 Å². The number of amides is 2. The van der Waals surface area contributed by atoms with Gasteiger partial charge < -0.3 is 44.2 Å². The molecular formula is C43H43N7O13S2. The van der Waals surface area contributed by atoms with Crippen molar-refractivity contribution in [2.75, 3.05) is 52.7 Å². The van der Waals surface area contributed by atoms with Crippen molar-refractivity contribution < 1.29 is 56.4 Å². The maximum absolute atomic E-state index is 13.2. The fourth-order valence-corrected chi connectivity index (χ4v) is 8.23. The number of phenols is 1. The van der Waals surface area contributed by atoms with Crippen molar-refractivity contribution in [2.24, 2.45) is 5.14 Å². The van der Waals surface area contributed by atoms with E-state index in [1.54, 1.807) is 36.5 Å². The van der Waals surface area contributed by atoms with E-state index < -0.39 is 21.9 Å². The molecule has 0 saturated carbocycles. The molecule has 2 aromatic heterocycles. The molecule has 1 aliphatic heterocycles. The number of carbonyl (C=O) groups excluding carboxylic acids is 2. The molecule has 0 atom stereocenters. The summed E-state index contributed by atoms with van der Waals surface area (Å²) in [6.45, 7) is 2.93. The molecule has 3 heterocycles. The first-order valence-corrected chi connectivity index (χ1v) is 22.5. The summed E-state index contributed by atoms with van der Waals surface area (Å²) in [5.74, 6) is -1.29. The van der Waals surface area contributed by atoms with Gasteiger partial charge in [-0.25, -0.2) is 28.0 Å². The molecular weight excluding hydrogens is 887 g/mol. The standard InChI is InChI=1S/C43H43N7O13S2/c44-65(57,58)43-47-35-22-30(6-10-38(35)64-43)62-25-27-23-50(49-48-27)24-39(53)45-11-1-13-59-15-17-61-18-16-60-14-2-12-46-41(54)26-3-7-31(42(55)56)34(19-26)40-32-8-4-28(51)20-36(32)63-37-21-29(52)5-9-33(37)40/h3-10,19-23,51H,1-2,11-18,24-25H2,(H,45,53)(H,46,54)(H,55,56)(H2,44,57,58). The highest BCUT2D eigenvalue weighted by Crippen LogP contribution is 2.42. The lowest BCUT2D eigenvalue weighted by molar-refractivity contribution is -0.121. The van der Waals surface area contributed by atoms with Gasteiger partial charge in [0.2, 0.25) is 10.2 Å². The zero-order valence-electron chi connectivity index (χ0n) is 34.6. The number of sulfonamides is 1. The van der Waals surface area contributed by atoms with Crippen molar-refractivity contribution in [2.45, 2.75) is 30.3 Å². The molecule has 5 aromatic rings. The monoisotopic (exact) mass is 929 g/mol. The van der Waals surface area contributed by atoms with E-state index in [0.717, 1.165) is 11.3 Å². The number of nitrogens with one attached hydrogen (secondary N) is 2. The fraction of sp³-hybridized carbons (Fsp3) is 0.279. The van der Waals surface area contributed by atoms with Crippen LogP contribution in [0.25, 0.3) is 43.6 Å². The molecule has 7 rings (SSSR count). The average molecular weight is 930 g/mol. The number of hydrogen-bond donors (Lipinski definition) is 5. The third-order valence-electron chi connectivity index (χ3n) is 9.60. The van der Waals surface area contributed by atoms with E-state index in [0.29, 0.717) is 104 Å². The van der Waals surface area contributed by atoms with Gasteiger partial charge in [-0.15, -0.1) is 16.4 Å². The van der Waals surface area contributed by atoms with Gasteiger partial charge in [-0.1, -0.05) is 5.21 Å². The second-order valence-corrected chi connectivity index (χ2v) is 17.1. The van der Waals surface area contributed by atoms with Crippen molar-refractivity contribution in [3.05, 3.63) is 106 Å². The highest BCUT2D eigenvalue weighted by molar-refractivity contribution is 7.91. The summed E-state index contributed by atoms with van der Waals surface area (Å²) in [5.41, 5.74) is 2.18. The van der Waals surface area contributed by atoms with Crippen LogP contribution in [-0.4, -0.2) is 109 Å². The zero-order chi connectivity index (χ0) is 45.9. The number of fused-ring (bicyclic) bond motifs is 3. The quantitative estimate of drug-likeness (QED) is 0.0451. The molecule has 1 aliphatic carbocycles. The average Bonchev–Trinajstić information content (AvgIpc) is 3.92. The molecule has 2 aliphatic rings. The van der Waals surface area contributed by atoms with Crippen LogP contribution in [0.5, 0.6) is 11.5 Å². The summed E-state index contributed by atoms with van der Waals surface area (Å²) in [7, 11) is -3.90. The summed E-state index contributed by atoms with van der Waals surface area (Å²) in [4.78, 5) is 54.0. The summed E-state index contributed by atoms with van der Waals surface area (Å²) < 4.78 is 53.4. The van der Waals surface area contributed by atoms with Crippen LogP contribution in [0.4, 0.5) is 0 Å². The van der Waals surface area contributed by atoms with Gasteiger partial charge in [-0.3, -0.25) is 14.4 Å². The Hall–Kier alpha value is -6.82. The van der Waals surface area contributed by atoms with Gasteiger partial charge >= 0.3 is 5.97 Å². The Kier molecular flexibility index (Phi) is 15.1. The molecule has 20 nitrogen and oxygen atoms in total.